The molecule has 19 heavy (non-hydrogen) atoms. The van der Waals surface area contributed by atoms with Crippen molar-refractivity contribution in [3.8, 4) is 0 Å². The number of nitrogens with zero attached hydrogens (tertiary/aromatic N) is 1. The smallest absolute Gasteiger partial charge is 0.275 e. The van der Waals surface area contributed by atoms with Crippen LogP contribution in [-0.4, -0.2) is 31.9 Å². The van der Waals surface area contributed by atoms with Gasteiger partial charge in [0.15, 0.2) is 4.90 Å². The largest absolute Gasteiger partial charge is 0.339 e. The molecule has 0 aliphatic carbocycles. The summed E-state index contributed by atoms with van der Waals surface area (Å²) in [6, 6.07) is 1.49. The van der Waals surface area contributed by atoms with Crippen molar-refractivity contribution in [2.24, 2.45) is 0 Å². The molecule has 1 saturated heterocycles. The first kappa shape index (κ1) is 13.4. The van der Waals surface area contributed by atoms with Gasteiger partial charge in [0.1, 0.15) is 18.2 Å². The number of imide groups is 1. The van der Waals surface area contributed by atoms with Crippen LogP contribution in [0.2, 0.25) is 0 Å². The number of rotatable bonds is 3. The number of urea groups is 1. The van der Waals surface area contributed by atoms with Gasteiger partial charge in [-0.25, -0.2) is 27.0 Å². The zero-order valence-electron chi connectivity index (χ0n) is 9.18. The lowest BCUT2D eigenvalue weighted by molar-refractivity contribution is -0.118. The lowest BCUT2D eigenvalue weighted by Crippen LogP contribution is -2.44. The molecule has 3 amide bonds. The molecule has 0 unspecified atom stereocenters. The predicted molar refractivity (Wildman–Crippen MR) is 56.9 cm³/mol. The van der Waals surface area contributed by atoms with Crippen LogP contribution in [-0.2, 0) is 14.8 Å². The molecule has 1 fully saturated rings. The average molecular weight is 291 g/mol. The highest BCUT2D eigenvalue weighted by molar-refractivity contribution is 7.89. The molecule has 1 aromatic carbocycles. The van der Waals surface area contributed by atoms with Crippen LogP contribution in [0.3, 0.4) is 0 Å². The fraction of sp³-hybridized carbons (Fsp3) is 0.111. The third-order valence-corrected chi connectivity index (χ3v) is 3.60. The zero-order valence-corrected chi connectivity index (χ0v) is 10.0. The molecule has 0 radical (unpaired) electrons. The summed E-state index contributed by atoms with van der Waals surface area (Å²) in [4.78, 5) is 22.4. The van der Waals surface area contributed by atoms with E-state index in [0.29, 0.717) is 5.01 Å². The normalized spacial score (nSPS) is 15.8. The van der Waals surface area contributed by atoms with Gasteiger partial charge in [0.05, 0.1) is 0 Å². The Balaban J connectivity index is 2.34. The van der Waals surface area contributed by atoms with Gasteiger partial charge in [-0.2, -0.15) is 0 Å². The highest BCUT2D eigenvalue weighted by Crippen LogP contribution is 2.18. The van der Waals surface area contributed by atoms with Crippen molar-refractivity contribution in [1.82, 2.24) is 15.2 Å². The van der Waals surface area contributed by atoms with Gasteiger partial charge in [0.2, 0.25) is 5.91 Å². The molecule has 0 atom stereocenters. The molecule has 1 aromatic rings. The van der Waals surface area contributed by atoms with Crippen LogP contribution in [0.1, 0.15) is 0 Å². The van der Waals surface area contributed by atoms with E-state index >= 15 is 0 Å². The molecule has 1 aliphatic heterocycles. The number of halogens is 2. The summed E-state index contributed by atoms with van der Waals surface area (Å²) >= 11 is 0. The molecule has 2 rings (SSSR count). The molecule has 0 aromatic heterocycles. The number of amides is 3. The maximum atomic E-state index is 13.3. The van der Waals surface area contributed by atoms with Crippen LogP contribution in [0.4, 0.5) is 13.6 Å². The van der Waals surface area contributed by atoms with Crippen LogP contribution >= 0.6 is 0 Å². The first-order chi connectivity index (χ1) is 8.81. The molecular formula is C9H7F2N3O4S. The molecular weight excluding hydrogens is 284 g/mol. The van der Waals surface area contributed by atoms with E-state index in [2.05, 4.69) is 0 Å². The number of sulfonamides is 1. The van der Waals surface area contributed by atoms with Crippen molar-refractivity contribution in [2.75, 3.05) is 6.54 Å². The van der Waals surface area contributed by atoms with E-state index in [1.165, 1.54) is 0 Å². The Labute approximate surface area is 106 Å². The van der Waals surface area contributed by atoms with Gasteiger partial charge in [-0.15, -0.1) is 4.83 Å². The van der Waals surface area contributed by atoms with Crippen molar-refractivity contribution in [2.45, 2.75) is 4.90 Å². The van der Waals surface area contributed by atoms with Crippen LogP contribution in [0.5, 0.6) is 0 Å². The van der Waals surface area contributed by atoms with Gasteiger partial charge in [0, 0.05) is 0 Å². The highest BCUT2D eigenvalue weighted by atomic mass is 32.2. The predicted octanol–water partition coefficient (Wildman–Crippen LogP) is -0.290. The number of carbonyl (C=O) groups excluding carboxylic acids is 2. The van der Waals surface area contributed by atoms with Gasteiger partial charge in [0.25, 0.3) is 10.0 Å². The van der Waals surface area contributed by atoms with E-state index in [0.717, 1.165) is 18.2 Å². The summed E-state index contributed by atoms with van der Waals surface area (Å²) in [5.74, 6) is -3.35. The standard InChI is InChI=1S/C9H7F2N3O4S/c10-5-2-1-3-6(11)8(5)19(17,18)13-14-4-7(15)12-9(14)16/h1-3,13H,4H2,(H,12,15,16). The average Bonchev–Trinajstić information content (AvgIpc) is 2.55. The topological polar surface area (TPSA) is 95.6 Å². The first-order valence-corrected chi connectivity index (χ1v) is 6.37. The van der Waals surface area contributed by atoms with Crippen LogP contribution in [0, 0.1) is 11.6 Å². The maximum absolute atomic E-state index is 13.3. The molecule has 2 N–H and O–H groups in total. The van der Waals surface area contributed by atoms with Gasteiger partial charge in [-0.3, -0.25) is 10.1 Å². The minimum absolute atomic E-state index is 0.406. The van der Waals surface area contributed by atoms with Crippen LogP contribution in [0.25, 0.3) is 0 Å². The third-order valence-electron chi connectivity index (χ3n) is 2.21. The summed E-state index contributed by atoms with van der Waals surface area (Å²) in [6.07, 6.45) is 0. The molecule has 0 bridgehead atoms. The Kier molecular flexibility index (Phi) is 3.20. The number of carbonyl (C=O) groups is 2. The monoisotopic (exact) mass is 291 g/mol. The summed E-state index contributed by atoms with van der Waals surface area (Å²) in [6.45, 7) is -0.575. The molecule has 7 nitrogen and oxygen atoms in total. The summed E-state index contributed by atoms with van der Waals surface area (Å²) in [7, 11) is -4.65. The number of hydrogen-bond acceptors (Lipinski definition) is 4. The minimum atomic E-state index is -4.65. The number of hydrogen-bond donors (Lipinski definition) is 2. The zero-order chi connectivity index (χ0) is 14.2. The fourth-order valence-corrected chi connectivity index (χ4v) is 2.62. The molecule has 1 aliphatic rings. The van der Waals surface area contributed by atoms with E-state index in [-0.39, 0.29) is 0 Å². The first-order valence-electron chi connectivity index (χ1n) is 4.89. The Bertz CT molecular complexity index is 641. The van der Waals surface area contributed by atoms with Crippen LogP contribution < -0.4 is 10.1 Å². The van der Waals surface area contributed by atoms with Crippen molar-refractivity contribution in [3.63, 3.8) is 0 Å². The van der Waals surface area contributed by atoms with Crippen molar-refractivity contribution < 1.29 is 26.8 Å². The Morgan fingerprint density at radius 1 is 1.21 bits per heavy atom. The summed E-state index contributed by atoms with van der Waals surface area (Å²) in [5, 5.41) is 2.21. The van der Waals surface area contributed by atoms with E-state index in [4.69, 9.17) is 0 Å². The second-order valence-electron chi connectivity index (χ2n) is 3.58. The van der Waals surface area contributed by atoms with Gasteiger partial charge in [-0.1, -0.05) is 6.07 Å². The Morgan fingerprint density at radius 2 is 1.79 bits per heavy atom. The quantitative estimate of drug-likeness (QED) is 0.748. The molecule has 102 valence electrons. The van der Waals surface area contributed by atoms with Crippen molar-refractivity contribution in [3.05, 3.63) is 29.8 Å². The lowest BCUT2D eigenvalue weighted by Gasteiger charge is -2.15. The number of nitrogens with one attached hydrogen (secondary N) is 2. The molecule has 1 heterocycles. The summed E-state index contributed by atoms with van der Waals surface area (Å²) < 4.78 is 50.2. The number of benzene rings is 1. The van der Waals surface area contributed by atoms with E-state index < -0.39 is 45.0 Å². The SMILES string of the molecule is O=C1CN(NS(=O)(=O)c2c(F)cccc2F)C(=O)N1. The Morgan fingerprint density at radius 3 is 2.26 bits per heavy atom. The minimum Gasteiger partial charge on any atom is -0.275 e. The molecule has 0 spiro atoms. The van der Waals surface area contributed by atoms with Crippen LogP contribution in [0.15, 0.2) is 23.1 Å². The molecule has 10 heteroatoms. The van der Waals surface area contributed by atoms with E-state index in [1.54, 1.807) is 10.1 Å². The van der Waals surface area contributed by atoms with Crippen molar-refractivity contribution in [1.29, 1.82) is 0 Å². The van der Waals surface area contributed by atoms with Gasteiger partial charge in [-0.05, 0) is 12.1 Å². The Hall–Kier alpha value is -2.07. The van der Waals surface area contributed by atoms with E-state index in [1.807, 2.05) is 0 Å². The number of hydrazine groups is 1. The second kappa shape index (κ2) is 4.55. The second-order valence-corrected chi connectivity index (χ2v) is 5.18. The third kappa shape index (κ3) is 2.53. The maximum Gasteiger partial charge on any atom is 0.339 e. The summed E-state index contributed by atoms with van der Waals surface area (Å²) in [5.41, 5.74) is 0. The van der Waals surface area contributed by atoms with Gasteiger partial charge >= 0.3 is 6.03 Å². The highest BCUT2D eigenvalue weighted by Gasteiger charge is 2.33. The van der Waals surface area contributed by atoms with Gasteiger partial charge < -0.3 is 0 Å². The van der Waals surface area contributed by atoms with E-state index in [9.17, 15) is 26.8 Å². The lowest BCUT2D eigenvalue weighted by atomic mass is 10.3. The molecule has 0 saturated carbocycles. The van der Waals surface area contributed by atoms with Crippen molar-refractivity contribution >= 4 is 22.0 Å². The fourth-order valence-electron chi connectivity index (χ4n) is 1.45.